The maximum absolute atomic E-state index is 13.1. The van der Waals surface area contributed by atoms with Crippen LogP contribution in [-0.2, 0) is 10.0 Å². The standard InChI is InChI=1S/C19H16FNO2S/c20-16-5-1-13(2-6-16)15-11-18(19(12-15)9-10-19)14-3-7-17(8-4-14)24(21,22)23/h1-8,11-12H,9-10H2,(H2,21,22,23). The van der Waals surface area contributed by atoms with Crippen molar-refractivity contribution in [3.63, 3.8) is 0 Å². The van der Waals surface area contributed by atoms with Gasteiger partial charge in [0.05, 0.1) is 4.90 Å². The molecule has 1 spiro atoms. The molecule has 0 aromatic heterocycles. The number of rotatable bonds is 3. The lowest BCUT2D eigenvalue weighted by atomic mass is 9.93. The molecule has 0 atom stereocenters. The topological polar surface area (TPSA) is 60.2 Å². The molecule has 0 unspecified atom stereocenters. The molecule has 0 radical (unpaired) electrons. The predicted molar refractivity (Wildman–Crippen MR) is 91.8 cm³/mol. The Labute approximate surface area is 140 Å². The number of hydrogen-bond donors (Lipinski definition) is 1. The van der Waals surface area contributed by atoms with Crippen molar-refractivity contribution in [2.75, 3.05) is 0 Å². The molecule has 2 aliphatic carbocycles. The van der Waals surface area contributed by atoms with Crippen LogP contribution in [0.2, 0.25) is 0 Å². The van der Waals surface area contributed by atoms with Crippen LogP contribution in [0.5, 0.6) is 0 Å². The summed E-state index contributed by atoms with van der Waals surface area (Å²) in [5.74, 6) is -0.249. The van der Waals surface area contributed by atoms with Gasteiger partial charge in [-0.3, -0.25) is 0 Å². The molecule has 2 aliphatic rings. The van der Waals surface area contributed by atoms with E-state index in [4.69, 9.17) is 5.14 Å². The third-order valence-corrected chi connectivity index (χ3v) is 5.66. The van der Waals surface area contributed by atoms with Gasteiger partial charge in [0, 0.05) is 5.41 Å². The third kappa shape index (κ3) is 2.60. The first-order valence-electron chi connectivity index (χ1n) is 7.72. The fourth-order valence-electron chi connectivity index (χ4n) is 3.27. The monoisotopic (exact) mass is 341 g/mol. The molecule has 1 fully saturated rings. The Morgan fingerprint density at radius 1 is 0.917 bits per heavy atom. The highest BCUT2D eigenvalue weighted by Gasteiger charge is 2.47. The highest BCUT2D eigenvalue weighted by Crippen LogP contribution is 2.61. The average molecular weight is 341 g/mol. The van der Waals surface area contributed by atoms with E-state index in [1.807, 2.05) is 0 Å². The van der Waals surface area contributed by atoms with Gasteiger partial charge >= 0.3 is 0 Å². The maximum atomic E-state index is 13.1. The Hall–Kier alpha value is -2.24. The molecular formula is C19H16FNO2S. The summed E-state index contributed by atoms with van der Waals surface area (Å²) in [5.41, 5.74) is 4.28. The zero-order valence-electron chi connectivity index (χ0n) is 12.9. The molecule has 0 heterocycles. The Balaban J connectivity index is 1.71. The van der Waals surface area contributed by atoms with E-state index < -0.39 is 10.0 Å². The van der Waals surface area contributed by atoms with E-state index in [0.717, 1.165) is 29.5 Å². The van der Waals surface area contributed by atoms with E-state index in [0.29, 0.717) is 0 Å². The molecule has 122 valence electrons. The lowest BCUT2D eigenvalue weighted by molar-refractivity contribution is 0.598. The van der Waals surface area contributed by atoms with Crippen LogP contribution in [0.15, 0.2) is 65.6 Å². The van der Waals surface area contributed by atoms with Crippen LogP contribution < -0.4 is 5.14 Å². The summed E-state index contributed by atoms with van der Waals surface area (Å²) in [4.78, 5) is 0.112. The quantitative estimate of drug-likeness (QED) is 0.924. The Bertz CT molecular complexity index is 967. The van der Waals surface area contributed by atoms with Crippen molar-refractivity contribution in [2.24, 2.45) is 10.6 Å². The first-order chi connectivity index (χ1) is 11.4. The number of halogens is 1. The molecule has 3 nitrogen and oxygen atoms in total. The Morgan fingerprint density at radius 3 is 2.04 bits per heavy atom. The second-order valence-corrected chi connectivity index (χ2v) is 7.95. The molecule has 1 saturated carbocycles. The summed E-state index contributed by atoms with van der Waals surface area (Å²) in [6.45, 7) is 0. The molecular weight excluding hydrogens is 325 g/mol. The maximum Gasteiger partial charge on any atom is 0.238 e. The lowest BCUT2D eigenvalue weighted by Gasteiger charge is -2.11. The van der Waals surface area contributed by atoms with Crippen molar-refractivity contribution in [3.05, 3.63) is 77.6 Å². The molecule has 4 rings (SSSR count). The van der Waals surface area contributed by atoms with Gasteiger partial charge in [0.1, 0.15) is 5.82 Å². The number of sulfonamides is 1. The molecule has 0 amide bonds. The SMILES string of the molecule is NS(=O)(=O)c1ccc(C2=CC(c3ccc(F)cc3)=CC23CC3)cc1. The Kier molecular flexibility index (Phi) is 3.27. The highest BCUT2D eigenvalue weighted by molar-refractivity contribution is 7.89. The van der Waals surface area contributed by atoms with Crippen molar-refractivity contribution in [3.8, 4) is 0 Å². The molecule has 2 aromatic carbocycles. The van der Waals surface area contributed by atoms with E-state index in [-0.39, 0.29) is 16.1 Å². The van der Waals surface area contributed by atoms with Gasteiger partial charge in [0.2, 0.25) is 10.0 Å². The first-order valence-corrected chi connectivity index (χ1v) is 9.26. The van der Waals surface area contributed by atoms with Gasteiger partial charge in [0.15, 0.2) is 0 Å². The molecule has 5 heteroatoms. The van der Waals surface area contributed by atoms with Gasteiger partial charge in [-0.25, -0.2) is 17.9 Å². The largest absolute Gasteiger partial charge is 0.238 e. The van der Waals surface area contributed by atoms with Crippen LogP contribution >= 0.6 is 0 Å². The normalized spacial score (nSPS) is 18.4. The molecule has 2 aromatic rings. The molecule has 0 saturated heterocycles. The minimum atomic E-state index is -3.68. The van der Waals surface area contributed by atoms with E-state index in [1.165, 1.54) is 29.8 Å². The third-order valence-electron chi connectivity index (χ3n) is 4.73. The predicted octanol–water partition coefficient (Wildman–Crippen LogP) is 3.73. The molecule has 0 aliphatic heterocycles. The first kappa shape index (κ1) is 15.3. The number of nitrogens with two attached hydrogens (primary N) is 1. The average Bonchev–Trinajstić information content (AvgIpc) is 3.21. The van der Waals surface area contributed by atoms with Gasteiger partial charge in [-0.15, -0.1) is 0 Å². The van der Waals surface area contributed by atoms with Gasteiger partial charge in [0.25, 0.3) is 0 Å². The molecule has 0 bridgehead atoms. The second kappa shape index (κ2) is 5.13. The summed E-state index contributed by atoms with van der Waals surface area (Å²) in [6, 6.07) is 13.2. The number of primary sulfonamides is 1. The number of hydrogen-bond acceptors (Lipinski definition) is 2. The zero-order valence-corrected chi connectivity index (χ0v) is 13.7. The molecule has 2 N–H and O–H groups in total. The molecule has 24 heavy (non-hydrogen) atoms. The van der Waals surface area contributed by atoms with E-state index >= 15 is 0 Å². The minimum absolute atomic E-state index is 0.0345. The van der Waals surface area contributed by atoms with E-state index in [2.05, 4.69) is 12.2 Å². The fourth-order valence-corrected chi connectivity index (χ4v) is 3.78. The second-order valence-electron chi connectivity index (χ2n) is 6.39. The van der Waals surface area contributed by atoms with Crippen LogP contribution in [0.1, 0.15) is 24.0 Å². The van der Waals surface area contributed by atoms with Crippen molar-refractivity contribution in [2.45, 2.75) is 17.7 Å². The van der Waals surface area contributed by atoms with Crippen molar-refractivity contribution >= 4 is 21.2 Å². The van der Waals surface area contributed by atoms with Gasteiger partial charge in [-0.05, 0) is 65.5 Å². The van der Waals surface area contributed by atoms with Crippen LogP contribution in [-0.4, -0.2) is 8.42 Å². The van der Waals surface area contributed by atoms with Crippen LogP contribution in [0.4, 0.5) is 4.39 Å². The summed E-state index contributed by atoms with van der Waals surface area (Å²) < 4.78 is 35.9. The van der Waals surface area contributed by atoms with Crippen LogP contribution in [0, 0.1) is 11.2 Å². The van der Waals surface area contributed by atoms with Crippen LogP contribution in [0.3, 0.4) is 0 Å². The van der Waals surface area contributed by atoms with Gasteiger partial charge in [-0.1, -0.05) is 30.3 Å². The lowest BCUT2D eigenvalue weighted by Crippen LogP contribution is -2.12. The number of allylic oxidation sites excluding steroid dienone is 4. The van der Waals surface area contributed by atoms with Crippen LogP contribution in [0.25, 0.3) is 11.1 Å². The summed E-state index contributed by atoms with van der Waals surface area (Å²) in [6.07, 6.45) is 6.50. The van der Waals surface area contributed by atoms with Gasteiger partial charge < -0.3 is 0 Å². The van der Waals surface area contributed by atoms with Crippen molar-refractivity contribution in [1.29, 1.82) is 0 Å². The van der Waals surface area contributed by atoms with Gasteiger partial charge in [-0.2, -0.15) is 0 Å². The van der Waals surface area contributed by atoms with E-state index in [9.17, 15) is 12.8 Å². The van der Waals surface area contributed by atoms with Crippen molar-refractivity contribution in [1.82, 2.24) is 0 Å². The fraction of sp³-hybridized carbons (Fsp3) is 0.158. The number of benzene rings is 2. The minimum Gasteiger partial charge on any atom is -0.225 e. The van der Waals surface area contributed by atoms with E-state index in [1.54, 1.807) is 24.3 Å². The summed E-state index contributed by atoms with van der Waals surface area (Å²) in [5, 5.41) is 5.15. The summed E-state index contributed by atoms with van der Waals surface area (Å²) >= 11 is 0. The Morgan fingerprint density at radius 2 is 1.50 bits per heavy atom. The smallest absolute Gasteiger partial charge is 0.225 e. The summed E-state index contributed by atoms with van der Waals surface area (Å²) in [7, 11) is -3.68. The zero-order chi connectivity index (χ0) is 16.9. The highest BCUT2D eigenvalue weighted by atomic mass is 32.2. The van der Waals surface area contributed by atoms with Crippen molar-refractivity contribution < 1.29 is 12.8 Å².